The molecular formula is C22H30ClN5O2. The normalized spacial score (nSPS) is 15.9. The van der Waals surface area contributed by atoms with Gasteiger partial charge in [-0.1, -0.05) is 37.3 Å². The standard InChI is InChI=1S/C22H29N5O2.ClH/c1-13(2)19(21-14(3)17-7-5-6-8-18(17)29-21)24-22(28)20-15(4)27(26-25-20)16-9-11-23-12-10-16;/h5-8,13,16,19,23H,9-12H2,1-4H3,(H,24,28);1H. The zero-order chi connectivity index (χ0) is 20.5. The number of furan rings is 1. The number of hydrogen-bond donors (Lipinski definition) is 2. The summed E-state index contributed by atoms with van der Waals surface area (Å²) in [6.07, 6.45) is 2.00. The summed E-state index contributed by atoms with van der Waals surface area (Å²) in [5.74, 6) is 0.761. The molecule has 2 N–H and O–H groups in total. The maximum atomic E-state index is 13.1. The van der Waals surface area contributed by atoms with Crippen molar-refractivity contribution in [1.82, 2.24) is 25.6 Å². The Labute approximate surface area is 183 Å². The van der Waals surface area contributed by atoms with E-state index in [4.69, 9.17) is 4.42 Å². The second-order valence-corrected chi connectivity index (χ2v) is 8.23. The molecule has 1 saturated heterocycles. The van der Waals surface area contributed by atoms with Crippen molar-refractivity contribution in [3.8, 4) is 0 Å². The van der Waals surface area contributed by atoms with E-state index in [0.717, 1.165) is 53.9 Å². The lowest BCUT2D eigenvalue weighted by Gasteiger charge is -2.23. The lowest BCUT2D eigenvalue weighted by atomic mass is 9.98. The first-order valence-corrected chi connectivity index (χ1v) is 10.4. The molecule has 30 heavy (non-hydrogen) atoms. The Kier molecular flexibility index (Phi) is 6.83. The Morgan fingerprint density at radius 2 is 1.93 bits per heavy atom. The summed E-state index contributed by atoms with van der Waals surface area (Å²) in [5, 5.41) is 16.1. The van der Waals surface area contributed by atoms with E-state index < -0.39 is 0 Å². The second kappa shape index (κ2) is 9.18. The number of para-hydroxylation sites is 1. The summed E-state index contributed by atoms with van der Waals surface area (Å²) in [6.45, 7) is 10.1. The number of benzene rings is 1. The molecule has 0 spiro atoms. The Morgan fingerprint density at radius 3 is 2.60 bits per heavy atom. The van der Waals surface area contributed by atoms with E-state index in [2.05, 4.69) is 34.8 Å². The zero-order valence-electron chi connectivity index (χ0n) is 17.9. The Balaban J connectivity index is 0.00000256. The number of nitrogens with zero attached hydrogens (tertiary/aromatic N) is 3. The molecule has 1 atom stereocenters. The van der Waals surface area contributed by atoms with E-state index in [1.54, 1.807) is 0 Å². The molecule has 0 saturated carbocycles. The quantitative estimate of drug-likeness (QED) is 0.634. The first-order chi connectivity index (χ1) is 14.0. The lowest BCUT2D eigenvalue weighted by molar-refractivity contribution is 0.0913. The van der Waals surface area contributed by atoms with Gasteiger partial charge in [-0.2, -0.15) is 0 Å². The molecule has 3 heterocycles. The summed E-state index contributed by atoms with van der Waals surface area (Å²) in [7, 11) is 0. The minimum atomic E-state index is -0.238. The van der Waals surface area contributed by atoms with Gasteiger partial charge >= 0.3 is 0 Å². The number of piperidine rings is 1. The van der Waals surface area contributed by atoms with Crippen molar-refractivity contribution in [2.75, 3.05) is 13.1 Å². The third-order valence-electron chi connectivity index (χ3n) is 5.91. The molecule has 0 aliphatic carbocycles. The molecule has 1 aromatic carbocycles. The minimum Gasteiger partial charge on any atom is -0.459 e. The number of nitrogens with one attached hydrogen (secondary N) is 2. The second-order valence-electron chi connectivity index (χ2n) is 8.23. The smallest absolute Gasteiger partial charge is 0.274 e. The van der Waals surface area contributed by atoms with Gasteiger partial charge in [0.1, 0.15) is 11.3 Å². The van der Waals surface area contributed by atoms with Gasteiger partial charge in [0, 0.05) is 10.9 Å². The topological polar surface area (TPSA) is 85.0 Å². The SMILES string of the molecule is Cc1c(C(NC(=O)c2nnn(C3CCNCC3)c2C)C(C)C)oc2ccccc12.Cl. The van der Waals surface area contributed by atoms with Gasteiger partial charge in [0.05, 0.1) is 17.8 Å². The van der Waals surface area contributed by atoms with Gasteiger partial charge in [0.15, 0.2) is 5.69 Å². The van der Waals surface area contributed by atoms with Crippen LogP contribution in [0, 0.1) is 19.8 Å². The molecule has 7 nitrogen and oxygen atoms in total. The van der Waals surface area contributed by atoms with E-state index in [9.17, 15) is 4.79 Å². The molecule has 3 aromatic rings. The largest absolute Gasteiger partial charge is 0.459 e. The molecule has 0 radical (unpaired) electrons. The number of halogens is 1. The van der Waals surface area contributed by atoms with Crippen LogP contribution in [0.1, 0.15) is 66.3 Å². The van der Waals surface area contributed by atoms with Crippen molar-refractivity contribution in [2.24, 2.45) is 5.92 Å². The van der Waals surface area contributed by atoms with Crippen molar-refractivity contribution in [3.05, 3.63) is 47.0 Å². The molecule has 2 aromatic heterocycles. The Morgan fingerprint density at radius 1 is 1.23 bits per heavy atom. The Hall–Kier alpha value is -2.38. The van der Waals surface area contributed by atoms with Gasteiger partial charge < -0.3 is 15.1 Å². The first kappa shape index (κ1) is 22.3. The predicted octanol–water partition coefficient (Wildman–Crippen LogP) is 4.11. The average molecular weight is 432 g/mol. The number of hydrogen-bond acceptors (Lipinski definition) is 5. The van der Waals surface area contributed by atoms with Crippen LogP contribution in [-0.2, 0) is 0 Å². The summed E-state index contributed by atoms with van der Waals surface area (Å²) in [4.78, 5) is 13.1. The van der Waals surface area contributed by atoms with E-state index in [-0.39, 0.29) is 30.3 Å². The highest BCUT2D eigenvalue weighted by Crippen LogP contribution is 2.33. The molecule has 4 rings (SSSR count). The Bertz CT molecular complexity index is 1020. The molecule has 1 unspecified atom stereocenters. The fourth-order valence-corrected chi connectivity index (χ4v) is 4.18. The van der Waals surface area contributed by atoms with Crippen molar-refractivity contribution >= 4 is 29.3 Å². The van der Waals surface area contributed by atoms with Crippen molar-refractivity contribution in [1.29, 1.82) is 0 Å². The van der Waals surface area contributed by atoms with Gasteiger partial charge in [-0.15, -0.1) is 17.5 Å². The van der Waals surface area contributed by atoms with Crippen LogP contribution >= 0.6 is 12.4 Å². The van der Waals surface area contributed by atoms with Crippen LogP contribution in [0.3, 0.4) is 0 Å². The molecule has 0 bridgehead atoms. The van der Waals surface area contributed by atoms with Crippen LogP contribution in [0.5, 0.6) is 0 Å². The van der Waals surface area contributed by atoms with Gasteiger partial charge in [-0.3, -0.25) is 4.79 Å². The van der Waals surface area contributed by atoms with Crippen LogP contribution in [0.15, 0.2) is 28.7 Å². The van der Waals surface area contributed by atoms with Crippen LogP contribution in [0.2, 0.25) is 0 Å². The molecule has 162 valence electrons. The molecule has 1 fully saturated rings. The summed E-state index contributed by atoms with van der Waals surface area (Å²) in [5.41, 5.74) is 3.11. The lowest BCUT2D eigenvalue weighted by Crippen LogP contribution is -2.33. The van der Waals surface area contributed by atoms with Crippen LogP contribution in [-0.4, -0.2) is 34.0 Å². The molecule has 1 aliphatic rings. The van der Waals surface area contributed by atoms with E-state index in [1.807, 2.05) is 42.8 Å². The zero-order valence-corrected chi connectivity index (χ0v) is 18.8. The van der Waals surface area contributed by atoms with Crippen molar-refractivity contribution in [3.63, 3.8) is 0 Å². The number of aryl methyl sites for hydroxylation is 1. The van der Waals surface area contributed by atoms with Crippen LogP contribution in [0.25, 0.3) is 11.0 Å². The van der Waals surface area contributed by atoms with E-state index in [0.29, 0.717) is 11.7 Å². The molecule has 1 aliphatic heterocycles. The fraction of sp³-hybridized carbons (Fsp3) is 0.500. The predicted molar refractivity (Wildman–Crippen MR) is 119 cm³/mol. The van der Waals surface area contributed by atoms with E-state index >= 15 is 0 Å². The first-order valence-electron chi connectivity index (χ1n) is 10.4. The van der Waals surface area contributed by atoms with Gasteiger partial charge in [-0.25, -0.2) is 4.68 Å². The molecular weight excluding hydrogens is 402 g/mol. The molecule has 1 amide bonds. The average Bonchev–Trinajstić information content (AvgIpc) is 3.27. The highest BCUT2D eigenvalue weighted by atomic mass is 35.5. The van der Waals surface area contributed by atoms with Crippen molar-refractivity contribution in [2.45, 2.75) is 52.6 Å². The minimum absolute atomic E-state index is 0. The summed E-state index contributed by atoms with van der Waals surface area (Å²) in [6, 6.07) is 8.02. The van der Waals surface area contributed by atoms with Gasteiger partial charge in [-0.05, 0) is 51.8 Å². The third kappa shape index (κ3) is 4.09. The molecule has 8 heteroatoms. The summed E-state index contributed by atoms with van der Waals surface area (Å²) < 4.78 is 8.04. The fourth-order valence-electron chi connectivity index (χ4n) is 4.18. The number of aromatic nitrogens is 3. The number of carbonyl (C=O) groups excluding carboxylic acids is 1. The van der Waals surface area contributed by atoms with Gasteiger partial charge in [0.25, 0.3) is 5.91 Å². The monoisotopic (exact) mass is 431 g/mol. The number of rotatable bonds is 5. The van der Waals surface area contributed by atoms with Crippen molar-refractivity contribution < 1.29 is 9.21 Å². The van der Waals surface area contributed by atoms with E-state index in [1.165, 1.54) is 0 Å². The van der Waals surface area contributed by atoms with Crippen LogP contribution in [0.4, 0.5) is 0 Å². The number of carbonyl (C=O) groups is 1. The number of fused-ring (bicyclic) bond motifs is 1. The highest BCUT2D eigenvalue weighted by molar-refractivity contribution is 5.93. The third-order valence-corrected chi connectivity index (χ3v) is 5.91. The number of amides is 1. The van der Waals surface area contributed by atoms with Crippen LogP contribution < -0.4 is 10.6 Å². The summed E-state index contributed by atoms with van der Waals surface area (Å²) >= 11 is 0. The maximum absolute atomic E-state index is 13.1. The maximum Gasteiger partial charge on any atom is 0.274 e. The highest BCUT2D eigenvalue weighted by Gasteiger charge is 2.28. The van der Waals surface area contributed by atoms with Gasteiger partial charge in [0.2, 0.25) is 0 Å².